The molecular formula is C12H20O2. The Hall–Kier alpha value is -0.0800. The maximum atomic E-state index is 5.90. The van der Waals surface area contributed by atoms with Crippen LogP contribution in [-0.2, 0) is 9.47 Å². The molecule has 0 aromatic carbocycles. The van der Waals surface area contributed by atoms with Crippen LogP contribution in [0.25, 0.3) is 0 Å². The Morgan fingerprint density at radius 1 is 0.857 bits per heavy atom. The van der Waals surface area contributed by atoms with Gasteiger partial charge in [-0.2, -0.15) is 0 Å². The minimum absolute atomic E-state index is 0.130. The highest BCUT2D eigenvalue weighted by Crippen LogP contribution is 2.51. The number of hydrogen-bond donors (Lipinski definition) is 0. The highest BCUT2D eigenvalue weighted by molar-refractivity contribution is 4.95. The summed E-state index contributed by atoms with van der Waals surface area (Å²) < 4.78 is 11.8. The molecule has 0 N–H and O–H groups in total. The van der Waals surface area contributed by atoms with E-state index in [0.29, 0.717) is 5.92 Å². The SMILES string of the molecule is C1CCC2CCC3(OCCO3)C2CC1. The first-order valence-electron chi connectivity index (χ1n) is 6.19. The van der Waals surface area contributed by atoms with Gasteiger partial charge in [0.05, 0.1) is 13.2 Å². The first kappa shape index (κ1) is 9.17. The quantitative estimate of drug-likeness (QED) is 0.593. The van der Waals surface area contributed by atoms with E-state index < -0.39 is 0 Å². The molecule has 80 valence electrons. The van der Waals surface area contributed by atoms with E-state index >= 15 is 0 Å². The zero-order chi connectivity index (χ0) is 9.43. The summed E-state index contributed by atoms with van der Waals surface area (Å²) in [5, 5.41) is 0. The Kier molecular flexibility index (Phi) is 2.29. The van der Waals surface area contributed by atoms with Gasteiger partial charge in [-0.25, -0.2) is 0 Å². The topological polar surface area (TPSA) is 18.5 Å². The Bertz CT molecular complexity index is 208. The van der Waals surface area contributed by atoms with Crippen LogP contribution < -0.4 is 0 Å². The molecule has 0 aromatic rings. The summed E-state index contributed by atoms with van der Waals surface area (Å²) in [4.78, 5) is 0. The van der Waals surface area contributed by atoms with E-state index in [4.69, 9.17) is 9.47 Å². The van der Waals surface area contributed by atoms with E-state index in [2.05, 4.69) is 0 Å². The van der Waals surface area contributed by atoms with Crippen molar-refractivity contribution in [1.82, 2.24) is 0 Å². The zero-order valence-electron chi connectivity index (χ0n) is 8.84. The second kappa shape index (κ2) is 3.49. The fraction of sp³-hybridized carbons (Fsp3) is 1.00. The second-order valence-corrected chi connectivity index (χ2v) is 5.05. The highest BCUT2D eigenvalue weighted by atomic mass is 16.7. The van der Waals surface area contributed by atoms with Crippen molar-refractivity contribution >= 4 is 0 Å². The number of hydrogen-bond acceptors (Lipinski definition) is 2. The molecule has 3 rings (SSSR count). The monoisotopic (exact) mass is 196 g/mol. The standard InChI is InChI=1S/C12H20O2/c1-2-4-10-6-7-12(11(10)5-3-1)13-8-9-14-12/h10-11H,1-9H2. The van der Waals surface area contributed by atoms with Crippen LogP contribution in [0.15, 0.2) is 0 Å². The van der Waals surface area contributed by atoms with Crippen LogP contribution >= 0.6 is 0 Å². The summed E-state index contributed by atoms with van der Waals surface area (Å²) in [6.45, 7) is 1.65. The molecule has 1 spiro atoms. The molecule has 2 aliphatic carbocycles. The molecule has 1 saturated heterocycles. The van der Waals surface area contributed by atoms with E-state index in [1.807, 2.05) is 0 Å². The zero-order valence-corrected chi connectivity index (χ0v) is 8.84. The van der Waals surface area contributed by atoms with Crippen LogP contribution in [0.3, 0.4) is 0 Å². The summed E-state index contributed by atoms with van der Waals surface area (Å²) in [5.74, 6) is 1.48. The van der Waals surface area contributed by atoms with Gasteiger partial charge < -0.3 is 9.47 Å². The third-order valence-electron chi connectivity index (χ3n) is 4.36. The van der Waals surface area contributed by atoms with Gasteiger partial charge in [0.2, 0.25) is 0 Å². The van der Waals surface area contributed by atoms with Crippen LogP contribution in [0.5, 0.6) is 0 Å². The lowest BCUT2D eigenvalue weighted by Gasteiger charge is -2.31. The third-order valence-corrected chi connectivity index (χ3v) is 4.36. The molecule has 2 heteroatoms. The maximum absolute atomic E-state index is 5.90. The lowest BCUT2D eigenvalue weighted by Crippen LogP contribution is -2.36. The van der Waals surface area contributed by atoms with Gasteiger partial charge in [-0.1, -0.05) is 19.3 Å². The van der Waals surface area contributed by atoms with Crippen LogP contribution in [-0.4, -0.2) is 19.0 Å². The predicted molar refractivity (Wildman–Crippen MR) is 53.9 cm³/mol. The maximum Gasteiger partial charge on any atom is 0.171 e. The smallest absolute Gasteiger partial charge is 0.171 e. The average molecular weight is 196 g/mol. The van der Waals surface area contributed by atoms with Gasteiger partial charge in [0.25, 0.3) is 0 Å². The second-order valence-electron chi connectivity index (χ2n) is 5.05. The molecule has 14 heavy (non-hydrogen) atoms. The Labute approximate surface area is 86.0 Å². The van der Waals surface area contributed by atoms with Gasteiger partial charge in [0, 0.05) is 12.3 Å². The molecule has 2 saturated carbocycles. The Morgan fingerprint density at radius 3 is 2.50 bits per heavy atom. The first-order chi connectivity index (χ1) is 6.91. The largest absolute Gasteiger partial charge is 0.347 e. The minimum Gasteiger partial charge on any atom is -0.347 e. The average Bonchev–Trinajstić information content (AvgIpc) is 2.72. The van der Waals surface area contributed by atoms with Crippen molar-refractivity contribution in [3.05, 3.63) is 0 Å². The molecule has 1 aliphatic heterocycles. The first-order valence-corrected chi connectivity index (χ1v) is 6.19. The van der Waals surface area contributed by atoms with Gasteiger partial charge in [-0.3, -0.25) is 0 Å². The molecule has 1 heterocycles. The fourth-order valence-electron chi connectivity index (χ4n) is 3.71. The molecule has 2 nitrogen and oxygen atoms in total. The van der Waals surface area contributed by atoms with E-state index in [0.717, 1.165) is 25.6 Å². The number of fused-ring (bicyclic) bond motifs is 2. The molecule has 0 bridgehead atoms. The Balaban J connectivity index is 1.80. The molecule has 0 radical (unpaired) electrons. The number of ether oxygens (including phenoxy) is 2. The third kappa shape index (κ3) is 1.31. The van der Waals surface area contributed by atoms with E-state index in [9.17, 15) is 0 Å². The minimum atomic E-state index is -0.130. The van der Waals surface area contributed by atoms with Crippen molar-refractivity contribution < 1.29 is 9.47 Å². The van der Waals surface area contributed by atoms with Gasteiger partial charge >= 0.3 is 0 Å². The normalized spacial score (nSPS) is 41.1. The van der Waals surface area contributed by atoms with Gasteiger partial charge in [-0.15, -0.1) is 0 Å². The van der Waals surface area contributed by atoms with E-state index in [1.54, 1.807) is 0 Å². The van der Waals surface area contributed by atoms with Crippen molar-refractivity contribution in [2.24, 2.45) is 11.8 Å². The Morgan fingerprint density at radius 2 is 1.64 bits per heavy atom. The molecule has 3 fully saturated rings. The molecule has 3 aliphatic rings. The van der Waals surface area contributed by atoms with Crippen LogP contribution in [0.2, 0.25) is 0 Å². The van der Waals surface area contributed by atoms with Crippen molar-refractivity contribution in [3.63, 3.8) is 0 Å². The highest BCUT2D eigenvalue weighted by Gasteiger charge is 2.52. The molecule has 0 amide bonds. The summed E-state index contributed by atoms with van der Waals surface area (Å²) in [6, 6.07) is 0. The van der Waals surface area contributed by atoms with Crippen LogP contribution in [0.4, 0.5) is 0 Å². The van der Waals surface area contributed by atoms with Crippen molar-refractivity contribution in [3.8, 4) is 0 Å². The predicted octanol–water partition coefficient (Wildman–Crippen LogP) is 2.72. The van der Waals surface area contributed by atoms with Crippen molar-refractivity contribution in [2.75, 3.05) is 13.2 Å². The summed E-state index contributed by atoms with van der Waals surface area (Å²) in [6.07, 6.45) is 9.48. The summed E-state index contributed by atoms with van der Waals surface area (Å²) in [7, 11) is 0. The van der Waals surface area contributed by atoms with Crippen molar-refractivity contribution in [2.45, 2.75) is 50.7 Å². The molecule has 2 unspecified atom stereocenters. The van der Waals surface area contributed by atoms with Crippen LogP contribution in [0, 0.1) is 11.8 Å². The molecule has 2 atom stereocenters. The van der Waals surface area contributed by atoms with E-state index in [-0.39, 0.29) is 5.79 Å². The summed E-state index contributed by atoms with van der Waals surface area (Å²) >= 11 is 0. The number of rotatable bonds is 0. The van der Waals surface area contributed by atoms with Gasteiger partial charge in [-0.05, 0) is 25.2 Å². The lowest BCUT2D eigenvalue weighted by molar-refractivity contribution is -0.187. The van der Waals surface area contributed by atoms with Gasteiger partial charge in [0.15, 0.2) is 5.79 Å². The van der Waals surface area contributed by atoms with Gasteiger partial charge in [0.1, 0.15) is 0 Å². The fourth-order valence-corrected chi connectivity index (χ4v) is 3.71. The molecule has 0 aromatic heterocycles. The summed E-state index contributed by atoms with van der Waals surface area (Å²) in [5.41, 5.74) is 0. The molecular weight excluding hydrogens is 176 g/mol. The van der Waals surface area contributed by atoms with Crippen LogP contribution in [0.1, 0.15) is 44.9 Å². The lowest BCUT2D eigenvalue weighted by atomic mass is 9.88. The van der Waals surface area contributed by atoms with E-state index in [1.165, 1.54) is 38.5 Å². The van der Waals surface area contributed by atoms with Crippen molar-refractivity contribution in [1.29, 1.82) is 0 Å².